The molecule has 8 heteroatoms. The maximum atomic E-state index is 13.3. The molecule has 160 valence electrons. The van der Waals surface area contributed by atoms with E-state index in [1.807, 2.05) is 18.2 Å². The number of imidazole rings is 1. The van der Waals surface area contributed by atoms with Crippen LogP contribution in [0.5, 0.6) is 0 Å². The standard InChI is InChI=1S/C22H29N5O3/c1-3-17-25-14-11-13(5-6-15(14)27(17)4-2)24-20(28)18-16-7-8-22(30-16)12-26(10-9-23)21(29)19(18)22/h5-6,11,16,18-19H,3-4,7-10,12,23H2,1-2H3,(H,24,28)/t16-,18-,19+,22-/m0/s1. The van der Waals surface area contributed by atoms with Gasteiger partial charge >= 0.3 is 0 Å². The Bertz CT molecular complexity index is 1020. The van der Waals surface area contributed by atoms with Crippen LogP contribution in [0, 0.1) is 11.8 Å². The number of ether oxygens (including phenoxy) is 1. The number of nitrogens with one attached hydrogen (secondary N) is 1. The minimum atomic E-state index is -0.515. The average Bonchev–Trinajstić information content (AvgIpc) is 3.46. The van der Waals surface area contributed by atoms with Gasteiger partial charge in [0.15, 0.2) is 0 Å². The molecule has 1 aromatic carbocycles. The van der Waals surface area contributed by atoms with Crippen LogP contribution in [-0.2, 0) is 27.3 Å². The van der Waals surface area contributed by atoms with Crippen LogP contribution in [-0.4, -0.2) is 57.6 Å². The Hall–Kier alpha value is -2.45. The third-order valence-electron chi connectivity index (χ3n) is 7.03. The van der Waals surface area contributed by atoms with E-state index in [1.165, 1.54) is 0 Å². The van der Waals surface area contributed by atoms with Gasteiger partial charge in [0.25, 0.3) is 0 Å². The maximum absolute atomic E-state index is 13.3. The molecule has 0 saturated carbocycles. The number of aryl methyl sites for hydroxylation is 2. The highest BCUT2D eigenvalue weighted by atomic mass is 16.5. The predicted molar refractivity (Wildman–Crippen MR) is 113 cm³/mol. The number of nitrogens with zero attached hydrogens (tertiary/aromatic N) is 3. The number of hydrogen-bond acceptors (Lipinski definition) is 5. The van der Waals surface area contributed by atoms with E-state index in [2.05, 4.69) is 23.7 Å². The zero-order chi connectivity index (χ0) is 21.0. The molecular weight excluding hydrogens is 382 g/mol. The zero-order valence-corrected chi connectivity index (χ0v) is 17.6. The van der Waals surface area contributed by atoms with Crippen LogP contribution < -0.4 is 11.1 Å². The van der Waals surface area contributed by atoms with Crippen LogP contribution in [0.2, 0.25) is 0 Å². The summed E-state index contributed by atoms with van der Waals surface area (Å²) in [5.74, 6) is 0.0460. The molecule has 5 rings (SSSR count). The molecule has 1 spiro atoms. The molecule has 2 amide bonds. The van der Waals surface area contributed by atoms with E-state index in [0.29, 0.717) is 25.3 Å². The summed E-state index contributed by atoms with van der Waals surface area (Å²) < 4.78 is 8.43. The Morgan fingerprint density at radius 2 is 2.23 bits per heavy atom. The quantitative estimate of drug-likeness (QED) is 0.750. The monoisotopic (exact) mass is 411 g/mol. The van der Waals surface area contributed by atoms with Crippen molar-refractivity contribution in [3.8, 4) is 0 Å². The molecule has 0 aliphatic carbocycles. The van der Waals surface area contributed by atoms with Crippen LogP contribution in [0.25, 0.3) is 11.0 Å². The van der Waals surface area contributed by atoms with Crippen LogP contribution in [0.4, 0.5) is 5.69 Å². The number of rotatable bonds is 6. The Kier molecular flexibility index (Phi) is 4.59. The van der Waals surface area contributed by atoms with Crippen molar-refractivity contribution in [1.29, 1.82) is 0 Å². The molecule has 3 aliphatic heterocycles. The molecular formula is C22H29N5O3. The van der Waals surface area contributed by atoms with Gasteiger partial charge in [-0.15, -0.1) is 0 Å². The van der Waals surface area contributed by atoms with Crippen molar-refractivity contribution in [2.24, 2.45) is 17.6 Å². The van der Waals surface area contributed by atoms with Gasteiger partial charge in [-0.2, -0.15) is 0 Å². The Morgan fingerprint density at radius 1 is 1.40 bits per heavy atom. The minimum absolute atomic E-state index is 0.00697. The number of benzene rings is 1. The first kappa shape index (κ1) is 19.5. The number of anilines is 1. The van der Waals surface area contributed by atoms with Crippen LogP contribution in [0.15, 0.2) is 18.2 Å². The minimum Gasteiger partial charge on any atom is -0.368 e. The Balaban J connectivity index is 1.40. The second-order valence-electron chi connectivity index (χ2n) is 8.63. The van der Waals surface area contributed by atoms with Gasteiger partial charge in [-0.25, -0.2) is 4.98 Å². The number of nitrogens with two attached hydrogens (primary N) is 1. The summed E-state index contributed by atoms with van der Waals surface area (Å²) >= 11 is 0. The zero-order valence-electron chi connectivity index (χ0n) is 17.6. The molecule has 2 aromatic rings. The van der Waals surface area contributed by atoms with Gasteiger partial charge in [-0.05, 0) is 38.0 Å². The second kappa shape index (κ2) is 7.06. The summed E-state index contributed by atoms with van der Waals surface area (Å²) in [4.78, 5) is 32.8. The molecule has 2 bridgehead atoms. The van der Waals surface area contributed by atoms with E-state index in [4.69, 9.17) is 15.5 Å². The summed E-state index contributed by atoms with van der Waals surface area (Å²) in [6.07, 6.45) is 2.32. The number of carbonyl (C=O) groups excluding carboxylic acids is 2. The average molecular weight is 412 g/mol. The van der Waals surface area contributed by atoms with Crippen molar-refractivity contribution in [3.63, 3.8) is 0 Å². The fourth-order valence-corrected chi connectivity index (χ4v) is 5.79. The molecule has 3 aliphatic rings. The third kappa shape index (κ3) is 2.70. The molecule has 1 aromatic heterocycles. The van der Waals surface area contributed by atoms with Crippen molar-refractivity contribution in [2.75, 3.05) is 25.0 Å². The fraction of sp³-hybridized carbons (Fsp3) is 0.591. The van der Waals surface area contributed by atoms with Crippen molar-refractivity contribution >= 4 is 28.5 Å². The number of fused-ring (bicyclic) bond motifs is 2. The largest absolute Gasteiger partial charge is 0.368 e. The predicted octanol–water partition coefficient (Wildman–Crippen LogP) is 1.52. The van der Waals surface area contributed by atoms with Crippen molar-refractivity contribution in [2.45, 2.75) is 51.4 Å². The topological polar surface area (TPSA) is 102 Å². The molecule has 8 nitrogen and oxygen atoms in total. The summed E-state index contributed by atoms with van der Waals surface area (Å²) in [5.41, 5.74) is 7.80. The smallest absolute Gasteiger partial charge is 0.231 e. The van der Waals surface area contributed by atoms with Gasteiger partial charge in [0.05, 0.1) is 41.1 Å². The summed E-state index contributed by atoms with van der Waals surface area (Å²) in [7, 11) is 0. The van der Waals surface area contributed by atoms with E-state index in [0.717, 1.165) is 42.7 Å². The second-order valence-corrected chi connectivity index (χ2v) is 8.63. The molecule has 0 radical (unpaired) electrons. The lowest BCUT2D eigenvalue weighted by molar-refractivity contribution is -0.136. The SMILES string of the molecule is CCc1nc2cc(NC(=O)[C@H]3[C@@H]4CC[C@@]5(CN(CCN)C(=O)[C@@H]35)O4)ccc2n1CC. The number of likely N-dealkylation sites (tertiary alicyclic amines) is 1. The lowest BCUT2D eigenvalue weighted by Gasteiger charge is -2.27. The van der Waals surface area contributed by atoms with Gasteiger partial charge in [0.1, 0.15) is 5.82 Å². The van der Waals surface area contributed by atoms with Gasteiger partial charge in [-0.1, -0.05) is 6.92 Å². The van der Waals surface area contributed by atoms with Gasteiger partial charge < -0.3 is 25.3 Å². The highest BCUT2D eigenvalue weighted by Gasteiger charge is 2.68. The van der Waals surface area contributed by atoms with Gasteiger partial charge in [0.2, 0.25) is 11.8 Å². The highest BCUT2D eigenvalue weighted by molar-refractivity contribution is 5.99. The number of amides is 2. The molecule has 30 heavy (non-hydrogen) atoms. The first-order valence-electron chi connectivity index (χ1n) is 11.0. The van der Waals surface area contributed by atoms with Crippen LogP contribution in [0.3, 0.4) is 0 Å². The molecule has 4 heterocycles. The van der Waals surface area contributed by atoms with Gasteiger partial charge in [-0.3, -0.25) is 9.59 Å². The number of carbonyl (C=O) groups is 2. The summed E-state index contributed by atoms with van der Waals surface area (Å²) in [6, 6.07) is 5.83. The van der Waals surface area contributed by atoms with E-state index in [9.17, 15) is 9.59 Å². The summed E-state index contributed by atoms with van der Waals surface area (Å²) in [5, 5.41) is 3.04. The van der Waals surface area contributed by atoms with Crippen molar-refractivity contribution in [1.82, 2.24) is 14.5 Å². The fourth-order valence-electron chi connectivity index (χ4n) is 5.79. The van der Waals surface area contributed by atoms with Crippen LogP contribution in [0.1, 0.15) is 32.5 Å². The first-order valence-corrected chi connectivity index (χ1v) is 11.0. The van der Waals surface area contributed by atoms with E-state index >= 15 is 0 Å². The normalized spacial score (nSPS) is 29.8. The third-order valence-corrected chi connectivity index (χ3v) is 7.03. The van der Waals surface area contributed by atoms with Crippen molar-refractivity contribution < 1.29 is 14.3 Å². The Morgan fingerprint density at radius 3 is 2.97 bits per heavy atom. The molecule has 0 unspecified atom stereocenters. The van der Waals surface area contributed by atoms with E-state index < -0.39 is 17.4 Å². The summed E-state index contributed by atoms with van der Waals surface area (Å²) in [6.45, 7) is 6.53. The molecule has 3 N–H and O–H groups in total. The van der Waals surface area contributed by atoms with Crippen molar-refractivity contribution in [3.05, 3.63) is 24.0 Å². The molecule has 4 atom stereocenters. The number of aromatic nitrogens is 2. The highest BCUT2D eigenvalue weighted by Crippen LogP contribution is 2.55. The first-order chi connectivity index (χ1) is 14.5. The molecule has 3 fully saturated rings. The van der Waals surface area contributed by atoms with Crippen LogP contribution >= 0.6 is 0 Å². The lowest BCUT2D eigenvalue weighted by atomic mass is 9.73. The maximum Gasteiger partial charge on any atom is 0.231 e. The Labute approximate surface area is 175 Å². The van der Waals surface area contributed by atoms with E-state index in [1.54, 1.807) is 4.90 Å². The number of hydrogen-bond donors (Lipinski definition) is 2. The lowest BCUT2D eigenvalue weighted by Crippen LogP contribution is -2.43. The van der Waals surface area contributed by atoms with Gasteiger partial charge in [0, 0.05) is 31.7 Å². The van der Waals surface area contributed by atoms with E-state index in [-0.39, 0.29) is 17.9 Å². The molecule has 3 saturated heterocycles.